The standard InChI is InChI=1S/C19H27N3O3/c23-19(21-11-3-1-2-4-12-21)17-8-6-10-20(15-17)14-16-7-5-9-18(13-16)22(24)25/h5,7,9,13,17H,1-4,6,8,10-12,14-15H2/p+1. The molecule has 1 N–H and O–H groups in total. The molecule has 25 heavy (non-hydrogen) atoms. The van der Waals surface area contributed by atoms with Crippen LogP contribution in [0, 0.1) is 16.0 Å². The Labute approximate surface area is 148 Å². The summed E-state index contributed by atoms with van der Waals surface area (Å²) in [6.45, 7) is 4.46. The van der Waals surface area contributed by atoms with Gasteiger partial charge in [0.05, 0.1) is 23.9 Å². The topological polar surface area (TPSA) is 67.9 Å². The van der Waals surface area contributed by atoms with Crippen LogP contribution in [0.3, 0.4) is 0 Å². The molecule has 2 unspecified atom stereocenters. The number of rotatable bonds is 4. The van der Waals surface area contributed by atoms with E-state index in [1.54, 1.807) is 12.1 Å². The molecule has 0 bridgehead atoms. The summed E-state index contributed by atoms with van der Waals surface area (Å²) in [7, 11) is 0. The van der Waals surface area contributed by atoms with Crippen molar-refractivity contribution in [2.45, 2.75) is 45.1 Å². The Kier molecular flexibility index (Phi) is 6.02. The van der Waals surface area contributed by atoms with Crippen LogP contribution in [0.2, 0.25) is 0 Å². The van der Waals surface area contributed by atoms with Crippen molar-refractivity contribution < 1.29 is 14.6 Å². The van der Waals surface area contributed by atoms with Gasteiger partial charge in [0.2, 0.25) is 5.91 Å². The van der Waals surface area contributed by atoms with Crippen molar-refractivity contribution in [3.63, 3.8) is 0 Å². The van der Waals surface area contributed by atoms with Crippen molar-refractivity contribution in [2.75, 3.05) is 26.2 Å². The average Bonchev–Trinajstić information content (AvgIpc) is 2.91. The van der Waals surface area contributed by atoms with Gasteiger partial charge in [-0.25, -0.2) is 0 Å². The SMILES string of the molecule is O=C(C1CCC[NH+](Cc2cccc([N+](=O)[O-])c2)C1)N1CCCCCC1. The Morgan fingerprint density at radius 3 is 2.68 bits per heavy atom. The summed E-state index contributed by atoms with van der Waals surface area (Å²) < 4.78 is 0. The molecule has 136 valence electrons. The van der Waals surface area contributed by atoms with Crippen LogP contribution in [0.25, 0.3) is 0 Å². The van der Waals surface area contributed by atoms with E-state index in [2.05, 4.69) is 4.90 Å². The highest BCUT2D eigenvalue weighted by atomic mass is 16.6. The summed E-state index contributed by atoms with van der Waals surface area (Å²) in [5.41, 5.74) is 1.12. The maximum absolute atomic E-state index is 12.9. The smallest absolute Gasteiger partial charge is 0.269 e. The van der Waals surface area contributed by atoms with Gasteiger partial charge < -0.3 is 9.80 Å². The molecule has 0 aromatic heterocycles. The van der Waals surface area contributed by atoms with E-state index >= 15 is 0 Å². The average molecular weight is 346 g/mol. The molecular formula is C19H28N3O3+. The number of quaternary nitrogens is 1. The first-order chi connectivity index (χ1) is 12.1. The monoisotopic (exact) mass is 346 g/mol. The minimum absolute atomic E-state index is 0.112. The van der Waals surface area contributed by atoms with E-state index in [1.165, 1.54) is 23.8 Å². The van der Waals surface area contributed by atoms with Crippen LogP contribution >= 0.6 is 0 Å². The molecule has 6 nitrogen and oxygen atoms in total. The molecule has 0 aliphatic carbocycles. The van der Waals surface area contributed by atoms with E-state index in [0.717, 1.165) is 64.0 Å². The minimum Gasteiger partial charge on any atom is -0.342 e. The summed E-state index contributed by atoms with van der Waals surface area (Å²) in [6.07, 6.45) is 6.75. The van der Waals surface area contributed by atoms with Crippen molar-refractivity contribution in [1.29, 1.82) is 0 Å². The summed E-state index contributed by atoms with van der Waals surface area (Å²) >= 11 is 0. The molecule has 2 fully saturated rings. The van der Waals surface area contributed by atoms with Gasteiger partial charge in [-0.3, -0.25) is 14.9 Å². The van der Waals surface area contributed by atoms with Crippen LogP contribution in [0.4, 0.5) is 5.69 Å². The van der Waals surface area contributed by atoms with Gasteiger partial charge in [0, 0.05) is 30.8 Å². The molecule has 1 aromatic carbocycles. The number of likely N-dealkylation sites (tertiary alicyclic amines) is 2. The number of benzene rings is 1. The fourth-order valence-electron chi connectivity index (χ4n) is 4.14. The summed E-state index contributed by atoms with van der Waals surface area (Å²) in [5, 5.41) is 10.9. The Bertz CT molecular complexity index is 612. The maximum Gasteiger partial charge on any atom is 0.269 e. The Hall–Kier alpha value is -1.95. The zero-order valence-corrected chi connectivity index (χ0v) is 14.8. The second-order valence-corrected chi connectivity index (χ2v) is 7.39. The second kappa shape index (κ2) is 8.43. The van der Waals surface area contributed by atoms with E-state index in [0.29, 0.717) is 5.91 Å². The predicted molar refractivity (Wildman–Crippen MR) is 95.3 cm³/mol. The van der Waals surface area contributed by atoms with Crippen LogP contribution < -0.4 is 4.90 Å². The van der Waals surface area contributed by atoms with E-state index in [4.69, 9.17) is 0 Å². The quantitative estimate of drug-likeness (QED) is 0.668. The van der Waals surface area contributed by atoms with Gasteiger partial charge in [-0.15, -0.1) is 0 Å². The molecule has 2 saturated heterocycles. The van der Waals surface area contributed by atoms with E-state index in [-0.39, 0.29) is 16.5 Å². The zero-order valence-electron chi connectivity index (χ0n) is 14.8. The molecule has 2 heterocycles. The molecule has 2 atom stereocenters. The minimum atomic E-state index is -0.347. The number of hydrogen-bond acceptors (Lipinski definition) is 3. The molecule has 6 heteroatoms. The van der Waals surface area contributed by atoms with Crippen LogP contribution in [0.1, 0.15) is 44.1 Å². The first kappa shape index (κ1) is 17.9. The first-order valence-corrected chi connectivity index (χ1v) is 9.49. The largest absolute Gasteiger partial charge is 0.342 e. The number of nitro benzene ring substituents is 1. The van der Waals surface area contributed by atoms with E-state index in [9.17, 15) is 14.9 Å². The van der Waals surface area contributed by atoms with Crippen LogP contribution in [-0.2, 0) is 11.3 Å². The lowest BCUT2D eigenvalue weighted by Gasteiger charge is -2.32. The van der Waals surface area contributed by atoms with E-state index in [1.807, 2.05) is 6.07 Å². The van der Waals surface area contributed by atoms with Crippen molar-refractivity contribution in [3.05, 3.63) is 39.9 Å². The highest BCUT2D eigenvalue weighted by Crippen LogP contribution is 2.17. The fourth-order valence-corrected chi connectivity index (χ4v) is 4.14. The summed E-state index contributed by atoms with van der Waals surface area (Å²) in [4.78, 5) is 26.9. The molecular weight excluding hydrogens is 318 g/mol. The van der Waals surface area contributed by atoms with Crippen LogP contribution in [0.5, 0.6) is 0 Å². The number of amides is 1. The normalized spacial score (nSPS) is 24.6. The van der Waals surface area contributed by atoms with Crippen molar-refractivity contribution in [3.8, 4) is 0 Å². The number of hydrogen-bond donors (Lipinski definition) is 1. The number of nitrogens with one attached hydrogen (secondary N) is 1. The van der Waals surface area contributed by atoms with Crippen LogP contribution in [-0.4, -0.2) is 41.9 Å². The molecule has 1 aromatic rings. The summed E-state index contributed by atoms with van der Waals surface area (Å²) in [5.74, 6) is 0.443. The lowest BCUT2D eigenvalue weighted by atomic mass is 9.96. The lowest BCUT2D eigenvalue weighted by molar-refractivity contribution is -0.921. The molecule has 0 radical (unpaired) electrons. The van der Waals surface area contributed by atoms with Gasteiger partial charge in [-0.05, 0) is 25.7 Å². The number of nitro groups is 1. The van der Waals surface area contributed by atoms with Gasteiger partial charge in [0.25, 0.3) is 5.69 Å². The lowest BCUT2D eigenvalue weighted by Crippen LogP contribution is -3.12. The number of carbonyl (C=O) groups excluding carboxylic acids is 1. The third-order valence-electron chi connectivity index (χ3n) is 5.46. The maximum atomic E-state index is 12.9. The van der Waals surface area contributed by atoms with Crippen molar-refractivity contribution in [1.82, 2.24) is 4.90 Å². The molecule has 1 amide bonds. The van der Waals surface area contributed by atoms with Crippen molar-refractivity contribution in [2.24, 2.45) is 5.92 Å². The molecule has 0 spiro atoms. The van der Waals surface area contributed by atoms with Gasteiger partial charge in [-0.1, -0.05) is 25.0 Å². The highest BCUT2D eigenvalue weighted by molar-refractivity contribution is 5.79. The number of nitrogens with zero attached hydrogens (tertiary/aromatic N) is 2. The molecule has 0 saturated carbocycles. The van der Waals surface area contributed by atoms with Crippen molar-refractivity contribution >= 4 is 11.6 Å². The Balaban J connectivity index is 1.60. The third kappa shape index (κ3) is 4.78. The fraction of sp³-hybridized carbons (Fsp3) is 0.632. The van der Waals surface area contributed by atoms with E-state index < -0.39 is 0 Å². The van der Waals surface area contributed by atoms with Crippen LogP contribution in [0.15, 0.2) is 24.3 Å². The number of non-ortho nitro benzene ring substituents is 1. The highest BCUT2D eigenvalue weighted by Gasteiger charge is 2.32. The van der Waals surface area contributed by atoms with Gasteiger partial charge in [-0.2, -0.15) is 0 Å². The Morgan fingerprint density at radius 1 is 1.20 bits per heavy atom. The Morgan fingerprint density at radius 2 is 1.96 bits per heavy atom. The van der Waals surface area contributed by atoms with Gasteiger partial charge in [0.1, 0.15) is 6.54 Å². The zero-order chi connectivity index (χ0) is 17.6. The number of piperidine rings is 1. The third-order valence-corrected chi connectivity index (χ3v) is 5.46. The molecule has 3 rings (SSSR count). The van der Waals surface area contributed by atoms with Gasteiger partial charge >= 0.3 is 0 Å². The van der Waals surface area contributed by atoms with Gasteiger partial charge in [0.15, 0.2) is 0 Å². The predicted octanol–water partition coefficient (Wildman–Crippen LogP) is 1.79. The number of carbonyl (C=O) groups is 1. The first-order valence-electron chi connectivity index (χ1n) is 9.49. The molecule has 2 aliphatic heterocycles. The molecule has 2 aliphatic rings. The summed E-state index contributed by atoms with van der Waals surface area (Å²) in [6, 6.07) is 6.88. The second-order valence-electron chi connectivity index (χ2n) is 7.39.